The fourth-order valence-corrected chi connectivity index (χ4v) is 2.97. The minimum atomic E-state index is -0.161. The fraction of sp³-hybridized carbons (Fsp3) is 0.100. The number of para-hydroxylation sites is 1. The predicted octanol–water partition coefficient (Wildman–Crippen LogP) is 4.55. The molecule has 0 spiro atoms. The molecule has 4 rings (SSSR count). The molecular weight excluding hydrogens is 334 g/mol. The topological polar surface area (TPSA) is 64.9 Å². The lowest BCUT2D eigenvalue weighted by Crippen LogP contribution is -2.15. The van der Waals surface area contributed by atoms with Gasteiger partial charge in [0.2, 0.25) is 0 Å². The quantitative estimate of drug-likeness (QED) is 0.585. The number of hydrogen-bond donors (Lipinski definition) is 1. The smallest absolute Gasteiger partial charge is 0.167 e. The zero-order valence-corrected chi connectivity index (χ0v) is 14.3. The van der Waals surface area contributed by atoms with Gasteiger partial charge < -0.3 is 10.3 Å². The number of fused-ring (bicyclic) bond motifs is 1. The second-order valence-electron chi connectivity index (χ2n) is 5.75. The third-order valence-corrected chi connectivity index (χ3v) is 4.15. The Labute approximate surface area is 152 Å². The summed E-state index contributed by atoms with van der Waals surface area (Å²) in [5.74, 6) is 0. The molecule has 0 radical (unpaired) electrons. The summed E-state index contributed by atoms with van der Waals surface area (Å²) in [4.78, 5) is 4.37. The predicted molar refractivity (Wildman–Crippen MR) is 102 cm³/mol. The van der Waals surface area contributed by atoms with E-state index in [-0.39, 0.29) is 18.4 Å². The molecule has 1 atom stereocenters. The van der Waals surface area contributed by atoms with Crippen molar-refractivity contribution in [2.45, 2.75) is 12.5 Å². The highest BCUT2D eigenvalue weighted by Gasteiger charge is 2.17. The van der Waals surface area contributed by atoms with Crippen LogP contribution in [0.15, 0.2) is 77.4 Å². The Kier molecular flexibility index (Phi) is 5.12. The van der Waals surface area contributed by atoms with Gasteiger partial charge in [0.05, 0.1) is 0 Å². The highest BCUT2D eigenvalue weighted by Crippen LogP contribution is 2.33. The van der Waals surface area contributed by atoms with Crippen LogP contribution in [0.3, 0.4) is 0 Å². The van der Waals surface area contributed by atoms with E-state index in [1.807, 2.05) is 66.7 Å². The van der Waals surface area contributed by atoms with Gasteiger partial charge in [-0.3, -0.25) is 4.98 Å². The van der Waals surface area contributed by atoms with Crippen molar-refractivity contribution >= 4 is 23.4 Å². The van der Waals surface area contributed by atoms with Gasteiger partial charge in [0.15, 0.2) is 5.58 Å². The Hall–Kier alpha value is -2.69. The number of nitrogens with zero attached hydrogens (tertiary/aromatic N) is 2. The maximum absolute atomic E-state index is 6.48. The van der Waals surface area contributed by atoms with Gasteiger partial charge in [-0.05, 0) is 29.8 Å². The van der Waals surface area contributed by atoms with Crippen LogP contribution in [0.5, 0.6) is 0 Å². The summed E-state index contributed by atoms with van der Waals surface area (Å²) in [5.41, 5.74) is 11.1. The standard InChI is InChI=1S/C20H17N3O.ClH/c21-18(13-14-7-5-6-12-22-14)15-8-1-2-9-16(15)20-17-10-3-4-11-19(17)24-23-20;/h1-12,18H,13,21H2;1H/t18-;/m0./s1. The maximum Gasteiger partial charge on any atom is 0.167 e. The number of rotatable bonds is 4. The Balaban J connectivity index is 0.00000182. The molecule has 2 N–H and O–H groups in total. The first kappa shape index (κ1) is 17.1. The van der Waals surface area contributed by atoms with Gasteiger partial charge in [-0.25, -0.2) is 0 Å². The Morgan fingerprint density at radius 1 is 0.920 bits per heavy atom. The summed E-state index contributed by atoms with van der Waals surface area (Å²) < 4.78 is 5.45. The number of pyridine rings is 1. The molecule has 0 aliphatic rings. The van der Waals surface area contributed by atoms with Crippen molar-refractivity contribution < 1.29 is 4.52 Å². The van der Waals surface area contributed by atoms with Crippen LogP contribution in [0.2, 0.25) is 0 Å². The first-order valence-electron chi connectivity index (χ1n) is 7.92. The first-order chi connectivity index (χ1) is 11.8. The number of benzene rings is 2. The minimum absolute atomic E-state index is 0. The summed E-state index contributed by atoms with van der Waals surface area (Å²) in [6.07, 6.45) is 2.47. The van der Waals surface area contributed by atoms with Crippen molar-refractivity contribution in [3.63, 3.8) is 0 Å². The molecule has 0 saturated heterocycles. The SMILES string of the molecule is Cl.N[C@@H](Cc1ccccn1)c1ccccc1-c1noc2ccccc12. The summed E-state index contributed by atoms with van der Waals surface area (Å²) in [5, 5.41) is 5.26. The summed E-state index contributed by atoms with van der Waals surface area (Å²) in [7, 11) is 0. The van der Waals surface area contributed by atoms with Crippen LogP contribution < -0.4 is 5.73 Å². The van der Waals surface area contributed by atoms with Crippen LogP contribution in [-0.4, -0.2) is 10.1 Å². The fourth-order valence-electron chi connectivity index (χ4n) is 2.97. The summed E-state index contributed by atoms with van der Waals surface area (Å²) >= 11 is 0. The molecule has 25 heavy (non-hydrogen) atoms. The first-order valence-corrected chi connectivity index (χ1v) is 7.92. The van der Waals surface area contributed by atoms with Crippen molar-refractivity contribution in [1.82, 2.24) is 10.1 Å². The van der Waals surface area contributed by atoms with Crippen LogP contribution in [0.25, 0.3) is 22.2 Å². The monoisotopic (exact) mass is 351 g/mol. The van der Waals surface area contributed by atoms with E-state index < -0.39 is 0 Å². The number of halogens is 1. The minimum Gasteiger partial charge on any atom is -0.356 e. The van der Waals surface area contributed by atoms with Crippen molar-refractivity contribution in [1.29, 1.82) is 0 Å². The van der Waals surface area contributed by atoms with Crippen molar-refractivity contribution in [2.75, 3.05) is 0 Å². The molecule has 2 aromatic heterocycles. The Morgan fingerprint density at radius 3 is 2.52 bits per heavy atom. The van der Waals surface area contributed by atoms with Gasteiger partial charge in [-0.2, -0.15) is 0 Å². The van der Waals surface area contributed by atoms with Crippen LogP contribution in [0.1, 0.15) is 17.3 Å². The highest BCUT2D eigenvalue weighted by atomic mass is 35.5. The van der Waals surface area contributed by atoms with Gasteiger partial charge in [0.25, 0.3) is 0 Å². The lowest BCUT2D eigenvalue weighted by atomic mass is 9.94. The third kappa shape index (κ3) is 3.40. The van der Waals surface area contributed by atoms with Crippen molar-refractivity contribution in [2.24, 2.45) is 5.73 Å². The van der Waals surface area contributed by atoms with Crippen LogP contribution in [-0.2, 0) is 6.42 Å². The molecule has 0 aliphatic heterocycles. The second-order valence-corrected chi connectivity index (χ2v) is 5.75. The van der Waals surface area contributed by atoms with E-state index in [1.165, 1.54) is 0 Å². The van der Waals surface area contributed by atoms with E-state index in [4.69, 9.17) is 10.3 Å². The largest absolute Gasteiger partial charge is 0.356 e. The second kappa shape index (κ2) is 7.47. The lowest BCUT2D eigenvalue weighted by Gasteiger charge is -2.15. The van der Waals surface area contributed by atoms with Gasteiger partial charge in [0, 0.05) is 35.3 Å². The Morgan fingerprint density at radius 2 is 1.68 bits per heavy atom. The molecule has 2 heterocycles. The third-order valence-electron chi connectivity index (χ3n) is 4.15. The molecular formula is C20H18ClN3O. The molecule has 0 unspecified atom stereocenters. The Bertz CT molecular complexity index is 969. The molecule has 0 aliphatic carbocycles. The van der Waals surface area contributed by atoms with E-state index in [2.05, 4.69) is 10.1 Å². The number of nitrogens with two attached hydrogens (primary N) is 1. The molecule has 0 saturated carbocycles. The lowest BCUT2D eigenvalue weighted by molar-refractivity contribution is 0.459. The zero-order valence-electron chi connectivity index (χ0n) is 13.5. The van der Waals surface area contributed by atoms with Crippen LogP contribution >= 0.6 is 12.4 Å². The molecule has 126 valence electrons. The maximum atomic E-state index is 6.48. The molecule has 0 amide bonds. The van der Waals surface area contributed by atoms with E-state index in [0.717, 1.165) is 33.5 Å². The normalized spacial score (nSPS) is 11.9. The molecule has 4 nitrogen and oxygen atoms in total. The summed E-state index contributed by atoms with van der Waals surface area (Å²) in [6, 6.07) is 21.7. The average Bonchev–Trinajstić information content (AvgIpc) is 3.06. The van der Waals surface area contributed by atoms with Crippen molar-refractivity contribution in [3.05, 3.63) is 84.2 Å². The van der Waals surface area contributed by atoms with Gasteiger partial charge >= 0.3 is 0 Å². The van der Waals surface area contributed by atoms with Gasteiger partial charge in [-0.15, -0.1) is 12.4 Å². The zero-order chi connectivity index (χ0) is 16.4. The molecule has 5 heteroatoms. The van der Waals surface area contributed by atoms with Crippen LogP contribution in [0.4, 0.5) is 0 Å². The molecule has 0 fully saturated rings. The highest BCUT2D eigenvalue weighted by molar-refractivity contribution is 5.92. The molecule has 2 aromatic carbocycles. The number of aromatic nitrogens is 2. The van der Waals surface area contributed by atoms with E-state index in [1.54, 1.807) is 6.20 Å². The van der Waals surface area contributed by atoms with E-state index in [0.29, 0.717) is 6.42 Å². The number of hydrogen-bond acceptors (Lipinski definition) is 4. The van der Waals surface area contributed by atoms with Gasteiger partial charge in [-0.1, -0.05) is 47.6 Å². The van der Waals surface area contributed by atoms with Gasteiger partial charge in [0.1, 0.15) is 5.69 Å². The molecule has 4 aromatic rings. The van der Waals surface area contributed by atoms with Crippen molar-refractivity contribution in [3.8, 4) is 11.3 Å². The van der Waals surface area contributed by atoms with Crippen LogP contribution in [0, 0.1) is 0 Å². The van der Waals surface area contributed by atoms with E-state index in [9.17, 15) is 0 Å². The summed E-state index contributed by atoms with van der Waals surface area (Å²) in [6.45, 7) is 0. The average molecular weight is 352 g/mol. The van der Waals surface area contributed by atoms with E-state index >= 15 is 0 Å². The molecule has 0 bridgehead atoms.